The van der Waals surface area contributed by atoms with Gasteiger partial charge >= 0.3 is 0 Å². The fourth-order valence-corrected chi connectivity index (χ4v) is 1.95. The Morgan fingerprint density at radius 2 is 1.85 bits per heavy atom. The molecule has 1 aliphatic carbocycles. The van der Waals surface area contributed by atoms with Crippen molar-refractivity contribution in [3.8, 4) is 0 Å². The van der Waals surface area contributed by atoms with Crippen molar-refractivity contribution in [2.45, 2.75) is 51.2 Å². The lowest BCUT2D eigenvalue weighted by atomic mass is 9.65. The van der Waals surface area contributed by atoms with Gasteiger partial charge in [-0.2, -0.15) is 0 Å². The second kappa shape index (κ2) is 3.56. The molecule has 1 aliphatic rings. The first kappa shape index (κ1) is 11.0. The van der Waals surface area contributed by atoms with Gasteiger partial charge in [0, 0.05) is 17.6 Å². The molecule has 0 heterocycles. The van der Waals surface area contributed by atoms with E-state index in [9.17, 15) is 10.2 Å². The van der Waals surface area contributed by atoms with Gasteiger partial charge in [-0.15, -0.1) is 0 Å². The minimum Gasteiger partial charge on any atom is -0.396 e. The molecule has 0 radical (unpaired) electrons. The maximum absolute atomic E-state index is 9.36. The molecule has 0 unspecified atom stereocenters. The summed E-state index contributed by atoms with van der Waals surface area (Å²) in [4.78, 5) is 0. The molecule has 0 aromatic rings. The highest BCUT2D eigenvalue weighted by Gasteiger charge is 2.43. The van der Waals surface area contributed by atoms with E-state index in [1.807, 2.05) is 13.8 Å². The summed E-state index contributed by atoms with van der Waals surface area (Å²) in [6.45, 7) is 4.09. The molecule has 0 amide bonds. The third kappa shape index (κ3) is 2.03. The lowest BCUT2D eigenvalue weighted by Gasteiger charge is -2.46. The molecule has 1 saturated carbocycles. The Morgan fingerprint density at radius 3 is 2.23 bits per heavy atom. The molecule has 4 N–H and O–H groups in total. The van der Waals surface area contributed by atoms with E-state index in [-0.39, 0.29) is 23.7 Å². The van der Waals surface area contributed by atoms with E-state index in [4.69, 9.17) is 5.73 Å². The highest BCUT2D eigenvalue weighted by molar-refractivity contribution is 5.00. The van der Waals surface area contributed by atoms with Crippen molar-refractivity contribution >= 4 is 0 Å². The van der Waals surface area contributed by atoms with Crippen LogP contribution in [-0.2, 0) is 0 Å². The Kier molecular flexibility index (Phi) is 3.00. The van der Waals surface area contributed by atoms with E-state index in [1.165, 1.54) is 0 Å². The number of hydrogen-bond acceptors (Lipinski definition) is 3. The molecule has 1 rings (SSSR count). The molecular formula is C10H21NO2. The third-order valence-electron chi connectivity index (χ3n) is 3.59. The van der Waals surface area contributed by atoms with Gasteiger partial charge in [-0.1, -0.05) is 13.8 Å². The van der Waals surface area contributed by atoms with Crippen molar-refractivity contribution in [2.75, 3.05) is 6.61 Å². The molecule has 0 aliphatic heterocycles. The van der Waals surface area contributed by atoms with Crippen LogP contribution in [0.25, 0.3) is 0 Å². The minimum absolute atomic E-state index is 0.111. The smallest absolute Gasteiger partial charge is 0.0541 e. The molecule has 0 bridgehead atoms. The molecule has 3 nitrogen and oxygen atoms in total. The quantitative estimate of drug-likeness (QED) is 0.594. The van der Waals surface area contributed by atoms with Crippen LogP contribution in [0.3, 0.4) is 0 Å². The average Bonchev–Trinajstić information content (AvgIpc) is 2.10. The van der Waals surface area contributed by atoms with Gasteiger partial charge in [0.1, 0.15) is 0 Å². The van der Waals surface area contributed by atoms with Crippen LogP contribution >= 0.6 is 0 Å². The van der Waals surface area contributed by atoms with Gasteiger partial charge in [-0.25, -0.2) is 0 Å². The third-order valence-corrected chi connectivity index (χ3v) is 3.59. The number of hydrogen-bond donors (Lipinski definition) is 3. The lowest BCUT2D eigenvalue weighted by Crippen LogP contribution is -2.56. The van der Waals surface area contributed by atoms with Crippen LogP contribution in [0.5, 0.6) is 0 Å². The Bertz CT molecular complexity index is 172. The minimum atomic E-state index is -0.305. The second-order valence-electron chi connectivity index (χ2n) is 4.93. The van der Waals surface area contributed by atoms with Crippen LogP contribution in [-0.4, -0.2) is 28.5 Å². The number of rotatable bonds is 2. The highest BCUT2D eigenvalue weighted by Crippen LogP contribution is 2.39. The van der Waals surface area contributed by atoms with E-state index in [2.05, 4.69) is 0 Å². The van der Waals surface area contributed by atoms with Gasteiger partial charge in [0.2, 0.25) is 0 Å². The number of aliphatic hydroxyl groups is 2. The van der Waals surface area contributed by atoms with Crippen molar-refractivity contribution < 1.29 is 10.2 Å². The van der Waals surface area contributed by atoms with Crippen molar-refractivity contribution in [3.05, 3.63) is 0 Å². The molecule has 0 atom stereocenters. The highest BCUT2D eigenvalue weighted by atomic mass is 16.3. The Balaban J connectivity index is 2.66. The average molecular weight is 187 g/mol. The summed E-state index contributed by atoms with van der Waals surface area (Å²) >= 11 is 0. The van der Waals surface area contributed by atoms with E-state index in [1.54, 1.807) is 0 Å². The molecule has 0 aromatic heterocycles. The SMILES string of the molecule is CC(C)(CO)C1(N)CCC(O)CC1. The van der Waals surface area contributed by atoms with Crippen LogP contribution < -0.4 is 5.73 Å². The largest absolute Gasteiger partial charge is 0.396 e. The number of aliphatic hydroxyl groups excluding tert-OH is 2. The standard InChI is InChI=1S/C10H21NO2/c1-9(2,7-12)10(11)5-3-8(13)4-6-10/h8,12-13H,3-7,11H2,1-2H3. The van der Waals surface area contributed by atoms with E-state index in [0.717, 1.165) is 25.7 Å². The van der Waals surface area contributed by atoms with Crippen LogP contribution in [0.1, 0.15) is 39.5 Å². The summed E-state index contributed by atoms with van der Waals surface area (Å²) in [5, 5.41) is 18.6. The predicted molar refractivity (Wildman–Crippen MR) is 52.3 cm³/mol. The topological polar surface area (TPSA) is 66.5 Å². The van der Waals surface area contributed by atoms with Crippen molar-refractivity contribution in [1.82, 2.24) is 0 Å². The summed E-state index contributed by atoms with van der Waals surface area (Å²) in [6, 6.07) is 0. The summed E-state index contributed by atoms with van der Waals surface area (Å²) in [6.07, 6.45) is 2.95. The first-order valence-electron chi connectivity index (χ1n) is 4.99. The molecular weight excluding hydrogens is 166 g/mol. The van der Waals surface area contributed by atoms with Gasteiger partial charge in [-0.3, -0.25) is 0 Å². The van der Waals surface area contributed by atoms with Crippen LogP contribution in [0.2, 0.25) is 0 Å². The van der Waals surface area contributed by atoms with Gasteiger partial charge in [0.25, 0.3) is 0 Å². The first-order valence-corrected chi connectivity index (χ1v) is 4.99. The molecule has 3 heteroatoms. The lowest BCUT2D eigenvalue weighted by molar-refractivity contribution is 0.0120. The summed E-state index contributed by atoms with van der Waals surface area (Å²) in [5.41, 5.74) is 5.69. The van der Waals surface area contributed by atoms with Gasteiger partial charge in [-0.05, 0) is 25.7 Å². The van der Waals surface area contributed by atoms with Crippen molar-refractivity contribution in [3.63, 3.8) is 0 Å². The van der Waals surface area contributed by atoms with E-state index >= 15 is 0 Å². The van der Waals surface area contributed by atoms with Crippen molar-refractivity contribution in [1.29, 1.82) is 0 Å². The fraction of sp³-hybridized carbons (Fsp3) is 1.00. The zero-order valence-corrected chi connectivity index (χ0v) is 8.58. The molecule has 0 aromatic carbocycles. The van der Waals surface area contributed by atoms with Crippen LogP contribution in [0.15, 0.2) is 0 Å². The van der Waals surface area contributed by atoms with Gasteiger partial charge in [0.15, 0.2) is 0 Å². The monoisotopic (exact) mass is 187 g/mol. The summed E-state index contributed by atoms with van der Waals surface area (Å²) in [7, 11) is 0. The zero-order valence-electron chi connectivity index (χ0n) is 8.58. The molecule has 78 valence electrons. The molecule has 13 heavy (non-hydrogen) atoms. The van der Waals surface area contributed by atoms with Gasteiger partial charge < -0.3 is 15.9 Å². The van der Waals surface area contributed by atoms with Crippen LogP contribution in [0.4, 0.5) is 0 Å². The Morgan fingerprint density at radius 1 is 1.38 bits per heavy atom. The maximum Gasteiger partial charge on any atom is 0.0541 e. The Labute approximate surface area is 79.9 Å². The first-order chi connectivity index (χ1) is 5.91. The second-order valence-corrected chi connectivity index (χ2v) is 4.93. The van der Waals surface area contributed by atoms with Crippen LogP contribution in [0, 0.1) is 5.41 Å². The fourth-order valence-electron chi connectivity index (χ4n) is 1.95. The Hall–Kier alpha value is -0.120. The predicted octanol–water partition coefficient (Wildman–Crippen LogP) is 0.637. The zero-order chi connectivity index (χ0) is 10.1. The maximum atomic E-state index is 9.36. The van der Waals surface area contributed by atoms with Gasteiger partial charge in [0.05, 0.1) is 6.10 Å². The number of nitrogens with two attached hydrogens (primary N) is 1. The molecule has 0 saturated heterocycles. The normalized spacial score (nSPS) is 36.2. The van der Waals surface area contributed by atoms with E-state index < -0.39 is 0 Å². The molecule has 0 spiro atoms. The summed E-state index contributed by atoms with van der Waals surface area (Å²) in [5.74, 6) is 0. The molecule has 1 fully saturated rings. The summed E-state index contributed by atoms with van der Waals surface area (Å²) < 4.78 is 0. The van der Waals surface area contributed by atoms with Crippen molar-refractivity contribution in [2.24, 2.45) is 11.1 Å². The van der Waals surface area contributed by atoms with E-state index in [0.29, 0.717) is 0 Å².